The number of nitrogens with one attached hydrogen (secondary N) is 2. The number of hydrogen-bond donors (Lipinski definition) is 2. The van der Waals surface area contributed by atoms with E-state index in [1.807, 2.05) is 50.4 Å². The molecule has 21 heavy (non-hydrogen) atoms. The average Bonchev–Trinajstić information content (AvgIpc) is 2.91. The van der Waals surface area contributed by atoms with Gasteiger partial charge in [-0.25, -0.2) is 4.98 Å². The summed E-state index contributed by atoms with van der Waals surface area (Å²) in [4.78, 5) is 17.0. The number of anilines is 1. The normalized spacial score (nSPS) is 14.6. The first-order valence-electron chi connectivity index (χ1n) is 7.21. The van der Waals surface area contributed by atoms with E-state index in [0.29, 0.717) is 5.95 Å². The van der Waals surface area contributed by atoms with E-state index in [1.165, 1.54) is 0 Å². The summed E-state index contributed by atoms with van der Waals surface area (Å²) in [6, 6.07) is 9.81. The Labute approximate surface area is 124 Å². The van der Waals surface area contributed by atoms with Gasteiger partial charge in [0.2, 0.25) is 11.9 Å². The Balaban J connectivity index is 1.82. The fraction of sp³-hybridized carbons (Fsp3) is 0.375. The smallest absolute Gasteiger partial charge is 0.236 e. The van der Waals surface area contributed by atoms with Gasteiger partial charge in [0.05, 0.1) is 17.3 Å². The minimum atomic E-state index is -0.597. The first-order chi connectivity index (χ1) is 10.1. The van der Waals surface area contributed by atoms with Crippen LogP contribution in [0, 0.1) is 0 Å². The Morgan fingerprint density at radius 2 is 2.10 bits per heavy atom. The van der Waals surface area contributed by atoms with Crippen molar-refractivity contribution in [2.24, 2.45) is 0 Å². The monoisotopic (exact) mass is 284 g/mol. The number of carbonyl (C=O) groups is 1. The van der Waals surface area contributed by atoms with E-state index in [0.717, 1.165) is 30.9 Å². The van der Waals surface area contributed by atoms with Crippen LogP contribution in [0.15, 0.2) is 36.5 Å². The van der Waals surface area contributed by atoms with E-state index in [2.05, 4.69) is 20.2 Å². The maximum Gasteiger partial charge on any atom is 0.236 e. The molecule has 1 aromatic carbocycles. The van der Waals surface area contributed by atoms with Gasteiger partial charge in [-0.1, -0.05) is 30.3 Å². The third-order valence-corrected chi connectivity index (χ3v) is 4.04. The van der Waals surface area contributed by atoms with E-state index >= 15 is 0 Å². The van der Waals surface area contributed by atoms with E-state index < -0.39 is 5.41 Å². The molecule has 110 valence electrons. The van der Waals surface area contributed by atoms with Crippen molar-refractivity contribution in [3.8, 4) is 0 Å². The van der Waals surface area contributed by atoms with Gasteiger partial charge in [-0.05, 0) is 19.4 Å². The quantitative estimate of drug-likeness (QED) is 0.905. The molecule has 3 rings (SSSR count). The predicted molar refractivity (Wildman–Crippen MR) is 82.0 cm³/mol. The molecule has 1 aliphatic heterocycles. The number of carbonyl (C=O) groups excluding carboxylic acids is 1. The molecule has 0 radical (unpaired) electrons. The summed E-state index contributed by atoms with van der Waals surface area (Å²) in [5.41, 5.74) is 1.50. The van der Waals surface area contributed by atoms with Crippen LogP contribution in [0.3, 0.4) is 0 Å². The van der Waals surface area contributed by atoms with Crippen LogP contribution in [0.4, 0.5) is 5.95 Å². The van der Waals surface area contributed by atoms with Crippen LogP contribution in [-0.4, -0.2) is 22.0 Å². The summed E-state index contributed by atoms with van der Waals surface area (Å²) in [5.74, 6) is 0.598. The van der Waals surface area contributed by atoms with Crippen LogP contribution < -0.4 is 10.6 Å². The SMILES string of the molecule is CC(C)(C(=O)Nc1ncc2n1CCNC2)c1ccccc1. The lowest BCUT2D eigenvalue weighted by molar-refractivity contribution is -0.120. The summed E-state index contributed by atoms with van der Waals surface area (Å²) in [6.07, 6.45) is 1.82. The lowest BCUT2D eigenvalue weighted by Crippen LogP contribution is -2.36. The Kier molecular flexibility index (Phi) is 3.51. The number of aromatic nitrogens is 2. The number of hydrogen-bond acceptors (Lipinski definition) is 3. The minimum absolute atomic E-state index is 0.0411. The van der Waals surface area contributed by atoms with Crippen LogP contribution in [-0.2, 0) is 23.3 Å². The van der Waals surface area contributed by atoms with Gasteiger partial charge in [0.1, 0.15) is 0 Å². The van der Waals surface area contributed by atoms with E-state index in [4.69, 9.17) is 0 Å². The Morgan fingerprint density at radius 3 is 2.86 bits per heavy atom. The third-order valence-electron chi connectivity index (χ3n) is 4.04. The number of rotatable bonds is 3. The standard InChI is InChI=1S/C16H20N4O/c1-16(2,12-6-4-3-5-7-12)14(21)19-15-18-11-13-10-17-8-9-20(13)15/h3-7,11,17H,8-10H2,1-2H3,(H,18,19,21). The molecule has 1 aromatic heterocycles. The number of fused-ring (bicyclic) bond motifs is 1. The van der Waals surface area contributed by atoms with Gasteiger partial charge in [-0.15, -0.1) is 0 Å². The lowest BCUT2D eigenvalue weighted by Gasteiger charge is -2.25. The molecule has 5 heteroatoms. The van der Waals surface area contributed by atoms with Crippen molar-refractivity contribution in [3.05, 3.63) is 47.8 Å². The highest BCUT2D eigenvalue weighted by Gasteiger charge is 2.30. The second-order valence-corrected chi connectivity index (χ2v) is 5.85. The maximum absolute atomic E-state index is 12.6. The van der Waals surface area contributed by atoms with Crippen molar-refractivity contribution in [3.63, 3.8) is 0 Å². The lowest BCUT2D eigenvalue weighted by atomic mass is 9.84. The molecule has 0 aliphatic carbocycles. The molecule has 1 amide bonds. The third kappa shape index (κ3) is 2.56. The predicted octanol–water partition coefficient (Wildman–Crippen LogP) is 1.90. The average molecular weight is 284 g/mol. The van der Waals surface area contributed by atoms with E-state index in [1.54, 1.807) is 0 Å². The van der Waals surface area contributed by atoms with Crippen molar-refractivity contribution >= 4 is 11.9 Å². The molecule has 1 aliphatic rings. The molecule has 0 spiro atoms. The topological polar surface area (TPSA) is 59.0 Å². The van der Waals surface area contributed by atoms with Gasteiger partial charge in [0, 0.05) is 19.6 Å². The molecule has 0 atom stereocenters. The fourth-order valence-corrected chi connectivity index (χ4v) is 2.55. The highest BCUT2D eigenvalue weighted by Crippen LogP contribution is 2.25. The van der Waals surface area contributed by atoms with Crippen molar-refractivity contribution in [2.45, 2.75) is 32.4 Å². The molecular weight excluding hydrogens is 264 g/mol. The van der Waals surface area contributed by atoms with Crippen molar-refractivity contribution in [2.75, 3.05) is 11.9 Å². The Morgan fingerprint density at radius 1 is 1.33 bits per heavy atom. The zero-order chi connectivity index (χ0) is 14.9. The van der Waals surface area contributed by atoms with Gasteiger partial charge in [0.15, 0.2) is 0 Å². The summed E-state index contributed by atoms with van der Waals surface area (Å²) < 4.78 is 2.06. The molecule has 0 bridgehead atoms. The molecule has 0 unspecified atom stereocenters. The minimum Gasteiger partial charge on any atom is -0.312 e. The highest BCUT2D eigenvalue weighted by atomic mass is 16.2. The second-order valence-electron chi connectivity index (χ2n) is 5.85. The largest absolute Gasteiger partial charge is 0.312 e. The molecule has 0 fully saturated rings. The fourth-order valence-electron chi connectivity index (χ4n) is 2.55. The summed E-state index contributed by atoms with van der Waals surface area (Å²) in [6.45, 7) is 6.38. The van der Waals surface area contributed by atoms with Crippen LogP contribution in [0.1, 0.15) is 25.1 Å². The van der Waals surface area contributed by atoms with Crippen LogP contribution >= 0.6 is 0 Å². The first-order valence-corrected chi connectivity index (χ1v) is 7.21. The number of amides is 1. The summed E-state index contributed by atoms with van der Waals surface area (Å²) in [5, 5.41) is 6.26. The zero-order valence-corrected chi connectivity index (χ0v) is 12.4. The number of nitrogens with zero attached hydrogens (tertiary/aromatic N) is 2. The maximum atomic E-state index is 12.6. The molecule has 0 saturated heterocycles. The van der Waals surface area contributed by atoms with Gasteiger partial charge in [0.25, 0.3) is 0 Å². The van der Waals surface area contributed by atoms with Crippen LogP contribution in [0.5, 0.6) is 0 Å². The van der Waals surface area contributed by atoms with E-state index in [9.17, 15) is 4.79 Å². The van der Waals surface area contributed by atoms with E-state index in [-0.39, 0.29) is 5.91 Å². The number of benzene rings is 1. The Bertz CT molecular complexity index is 646. The van der Waals surface area contributed by atoms with Gasteiger partial charge < -0.3 is 9.88 Å². The molecule has 2 aromatic rings. The zero-order valence-electron chi connectivity index (χ0n) is 12.4. The Hall–Kier alpha value is -2.14. The second kappa shape index (κ2) is 5.33. The van der Waals surface area contributed by atoms with Crippen LogP contribution in [0.2, 0.25) is 0 Å². The van der Waals surface area contributed by atoms with Gasteiger partial charge >= 0.3 is 0 Å². The van der Waals surface area contributed by atoms with Crippen molar-refractivity contribution in [1.29, 1.82) is 0 Å². The first kappa shape index (κ1) is 13.8. The molecular formula is C16H20N4O. The molecule has 2 heterocycles. The molecule has 0 saturated carbocycles. The summed E-state index contributed by atoms with van der Waals surface area (Å²) in [7, 11) is 0. The van der Waals surface area contributed by atoms with Crippen molar-refractivity contribution < 1.29 is 4.79 Å². The van der Waals surface area contributed by atoms with Crippen LogP contribution in [0.25, 0.3) is 0 Å². The van der Waals surface area contributed by atoms with Crippen molar-refractivity contribution in [1.82, 2.24) is 14.9 Å². The molecule has 2 N–H and O–H groups in total. The highest BCUT2D eigenvalue weighted by molar-refractivity contribution is 5.97. The van der Waals surface area contributed by atoms with Gasteiger partial charge in [-0.3, -0.25) is 10.1 Å². The molecule has 5 nitrogen and oxygen atoms in total. The number of imidazole rings is 1. The van der Waals surface area contributed by atoms with Gasteiger partial charge in [-0.2, -0.15) is 0 Å². The summed E-state index contributed by atoms with van der Waals surface area (Å²) >= 11 is 0.